The summed E-state index contributed by atoms with van der Waals surface area (Å²) in [6.07, 6.45) is 6.08. The summed E-state index contributed by atoms with van der Waals surface area (Å²) < 4.78 is 0. The van der Waals surface area contributed by atoms with Crippen molar-refractivity contribution in [1.29, 1.82) is 0 Å². The summed E-state index contributed by atoms with van der Waals surface area (Å²) in [6, 6.07) is 23.7. The molecule has 0 fully saturated rings. The molecule has 0 unspecified atom stereocenters. The average Bonchev–Trinajstić information content (AvgIpc) is 2.77. The lowest BCUT2D eigenvalue weighted by Gasteiger charge is -2.24. The Kier molecular flexibility index (Phi) is 5.38. The van der Waals surface area contributed by atoms with Gasteiger partial charge in [-0.1, -0.05) is 42.5 Å². The summed E-state index contributed by atoms with van der Waals surface area (Å²) in [5.41, 5.74) is 3.80. The molecule has 0 spiro atoms. The molecule has 0 bridgehead atoms. The third-order valence-corrected chi connectivity index (χ3v) is 4.80. The van der Waals surface area contributed by atoms with Gasteiger partial charge < -0.3 is 4.90 Å². The first kappa shape index (κ1) is 17.9. The van der Waals surface area contributed by atoms with E-state index in [9.17, 15) is 4.79 Å². The molecule has 1 amide bonds. The Hall–Kier alpha value is -3.53. The molecule has 0 atom stereocenters. The lowest BCUT2D eigenvalue weighted by Crippen LogP contribution is -2.32. The molecule has 0 aliphatic carbocycles. The van der Waals surface area contributed by atoms with Crippen molar-refractivity contribution in [2.45, 2.75) is 13.0 Å². The molecular formula is C24H21N3O. The summed E-state index contributed by atoms with van der Waals surface area (Å²) >= 11 is 0. The fourth-order valence-corrected chi connectivity index (χ4v) is 3.33. The molecule has 4 aromatic rings. The smallest absolute Gasteiger partial charge is 0.254 e. The number of hydrogen-bond donors (Lipinski definition) is 0. The van der Waals surface area contributed by atoms with Crippen LogP contribution in [0.15, 0.2) is 91.4 Å². The maximum absolute atomic E-state index is 13.5. The molecule has 0 saturated heterocycles. The van der Waals surface area contributed by atoms with Crippen molar-refractivity contribution >= 4 is 16.8 Å². The zero-order chi connectivity index (χ0) is 19.2. The van der Waals surface area contributed by atoms with Gasteiger partial charge in [-0.3, -0.25) is 14.8 Å². The van der Waals surface area contributed by atoms with Gasteiger partial charge in [-0.2, -0.15) is 0 Å². The molecule has 4 heteroatoms. The van der Waals surface area contributed by atoms with E-state index >= 15 is 0 Å². The highest BCUT2D eigenvalue weighted by atomic mass is 16.2. The molecule has 2 aromatic carbocycles. The van der Waals surface area contributed by atoms with Gasteiger partial charge in [0.2, 0.25) is 0 Å². The highest BCUT2D eigenvalue weighted by molar-refractivity contribution is 6.06. The molecule has 28 heavy (non-hydrogen) atoms. The van der Waals surface area contributed by atoms with Crippen molar-refractivity contribution < 1.29 is 4.79 Å². The molecule has 0 aliphatic heterocycles. The minimum Gasteiger partial charge on any atom is -0.334 e. The Bertz CT molecular complexity index is 1060. The van der Waals surface area contributed by atoms with Crippen LogP contribution in [0, 0.1) is 0 Å². The molecule has 4 nitrogen and oxygen atoms in total. The van der Waals surface area contributed by atoms with E-state index in [1.807, 2.05) is 65.6 Å². The van der Waals surface area contributed by atoms with Crippen molar-refractivity contribution in [2.75, 3.05) is 6.54 Å². The number of benzene rings is 2. The van der Waals surface area contributed by atoms with Crippen molar-refractivity contribution in [3.63, 3.8) is 0 Å². The van der Waals surface area contributed by atoms with Gasteiger partial charge in [0, 0.05) is 42.6 Å². The lowest BCUT2D eigenvalue weighted by molar-refractivity contribution is 0.0747. The van der Waals surface area contributed by atoms with Gasteiger partial charge in [0.15, 0.2) is 0 Å². The molecule has 2 aromatic heterocycles. The van der Waals surface area contributed by atoms with Gasteiger partial charge in [0.1, 0.15) is 0 Å². The maximum atomic E-state index is 13.5. The van der Waals surface area contributed by atoms with Crippen LogP contribution in [0.1, 0.15) is 21.5 Å². The normalized spacial score (nSPS) is 10.7. The van der Waals surface area contributed by atoms with Crippen LogP contribution in [0.2, 0.25) is 0 Å². The Labute approximate surface area is 164 Å². The standard InChI is InChI=1S/C24H21N3O/c28-24(22-8-4-10-23-21(22)9-5-14-26-23)27(18-20-11-15-25-16-12-20)17-13-19-6-2-1-3-7-19/h1-12,14-16H,13,17-18H2. The third-order valence-electron chi connectivity index (χ3n) is 4.80. The highest BCUT2D eigenvalue weighted by Crippen LogP contribution is 2.20. The maximum Gasteiger partial charge on any atom is 0.254 e. The van der Waals surface area contributed by atoms with E-state index in [0.717, 1.165) is 22.9 Å². The molecule has 138 valence electrons. The molecule has 2 heterocycles. The Balaban J connectivity index is 1.64. The van der Waals surface area contributed by atoms with Crippen LogP contribution in [-0.2, 0) is 13.0 Å². The van der Waals surface area contributed by atoms with Gasteiger partial charge in [-0.15, -0.1) is 0 Å². The highest BCUT2D eigenvalue weighted by Gasteiger charge is 2.18. The fraction of sp³-hybridized carbons (Fsp3) is 0.125. The summed E-state index contributed by atoms with van der Waals surface area (Å²) in [5, 5.41) is 0.884. The first-order valence-electron chi connectivity index (χ1n) is 9.37. The largest absolute Gasteiger partial charge is 0.334 e. The molecule has 0 aliphatic rings. The zero-order valence-electron chi connectivity index (χ0n) is 15.5. The predicted octanol–water partition coefficient (Wildman–Crippen LogP) is 4.51. The summed E-state index contributed by atoms with van der Waals surface area (Å²) in [6.45, 7) is 1.19. The molecule has 0 N–H and O–H groups in total. The second-order valence-electron chi connectivity index (χ2n) is 6.69. The number of pyridine rings is 2. The van der Waals surface area contributed by atoms with Crippen molar-refractivity contribution in [3.05, 3.63) is 108 Å². The topological polar surface area (TPSA) is 46.1 Å². The van der Waals surface area contributed by atoms with Crippen LogP contribution in [-0.4, -0.2) is 27.3 Å². The van der Waals surface area contributed by atoms with E-state index < -0.39 is 0 Å². The van der Waals surface area contributed by atoms with Crippen LogP contribution in [0.5, 0.6) is 0 Å². The van der Waals surface area contributed by atoms with Gasteiger partial charge in [-0.05, 0) is 47.9 Å². The first-order chi connectivity index (χ1) is 13.8. The van der Waals surface area contributed by atoms with Gasteiger partial charge in [0.05, 0.1) is 5.52 Å². The van der Waals surface area contributed by atoms with E-state index in [1.165, 1.54) is 5.56 Å². The molecular weight excluding hydrogens is 346 g/mol. The minimum atomic E-state index is 0.0198. The van der Waals surface area contributed by atoms with E-state index in [-0.39, 0.29) is 5.91 Å². The summed E-state index contributed by atoms with van der Waals surface area (Å²) in [4.78, 5) is 23.8. The quantitative estimate of drug-likeness (QED) is 0.503. The molecule has 0 radical (unpaired) electrons. The number of rotatable bonds is 6. The number of hydrogen-bond acceptors (Lipinski definition) is 3. The lowest BCUT2D eigenvalue weighted by atomic mass is 10.1. The Morgan fingerprint density at radius 2 is 1.61 bits per heavy atom. The summed E-state index contributed by atoms with van der Waals surface area (Å²) in [7, 11) is 0. The molecule has 0 saturated carbocycles. The van der Waals surface area contributed by atoms with Gasteiger partial charge in [0.25, 0.3) is 5.91 Å². The van der Waals surface area contributed by atoms with E-state index in [4.69, 9.17) is 0 Å². The number of amides is 1. The second-order valence-corrected chi connectivity index (χ2v) is 6.69. The second kappa shape index (κ2) is 8.44. The summed E-state index contributed by atoms with van der Waals surface area (Å²) in [5.74, 6) is 0.0198. The van der Waals surface area contributed by atoms with Crippen LogP contribution >= 0.6 is 0 Å². The fourth-order valence-electron chi connectivity index (χ4n) is 3.33. The van der Waals surface area contributed by atoms with Gasteiger partial charge >= 0.3 is 0 Å². The first-order valence-corrected chi connectivity index (χ1v) is 9.37. The van der Waals surface area contributed by atoms with Gasteiger partial charge in [-0.25, -0.2) is 0 Å². The van der Waals surface area contributed by atoms with E-state index in [0.29, 0.717) is 18.7 Å². The van der Waals surface area contributed by atoms with Crippen LogP contribution in [0.3, 0.4) is 0 Å². The number of carbonyl (C=O) groups is 1. The monoisotopic (exact) mass is 367 g/mol. The number of nitrogens with zero attached hydrogens (tertiary/aromatic N) is 3. The van der Waals surface area contributed by atoms with Crippen molar-refractivity contribution in [3.8, 4) is 0 Å². The minimum absolute atomic E-state index is 0.0198. The van der Waals surface area contributed by atoms with Crippen LogP contribution in [0.4, 0.5) is 0 Å². The Morgan fingerprint density at radius 3 is 2.43 bits per heavy atom. The van der Waals surface area contributed by atoms with Crippen molar-refractivity contribution in [1.82, 2.24) is 14.9 Å². The van der Waals surface area contributed by atoms with Crippen molar-refractivity contribution in [2.24, 2.45) is 0 Å². The molecule has 4 rings (SSSR count). The van der Waals surface area contributed by atoms with Crippen LogP contribution in [0.25, 0.3) is 10.9 Å². The van der Waals surface area contributed by atoms with E-state index in [1.54, 1.807) is 18.6 Å². The van der Waals surface area contributed by atoms with E-state index in [2.05, 4.69) is 22.1 Å². The number of fused-ring (bicyclic) bond motifs is 1. The number of carbonyl (C=O) groups excluding carboxylic acids is 1. The zero-order valence-corrected chi connectivity index (χ0v) is 15.5. The predicted molar refractivity (Wildman–Crippen MR) is 111 cm³/mol. The SMILES string of the molecule is O=C(c1cccc2ncccc12)N(CCc1ccccc1)Cc1ccncc1. The van der Waals surface area contributed by atoms with Crippen LogP contribution < -0.4 is 0 Å². The third kappa shape index (κ3) is 4.07. The number of aromatic nitrogens is 2. The average molecular weight is 367 g/mol. The Morgan fingerprint density at radius 1 is 0.786 bits per heavy atom.